The molecular formula is C10H14N4O2. The number of aromatic nitrogens is 2. The standard InChI is InChI=1S/C10H14N4O2/c15-9-6-7(10(16)14-9)11-3-1-2-8-12-4-5-13-8/h4-5,7,11H,1-3,6H2,(H,12,13)(H,14,15,16). The smallest absolute Gasteiger partial charge is 0.244 e. The predicted molar refractivity (Wildman–Crippen MR) is 56.5 cm³/mol. The molecule has 2 amide bonds. The minimum Gasteiger partial charge on any atom is -0.349 e. The topological polar surface area (TPSA) is 86.9 Å². The first-order chi connectivity index (χ1) is 7.75. The lowest BCUT2D eigenvalue weighted by atomic mass is 10.2. The van der Waals surface area contributed by atoms with Crippen LogP contribution in [0, 0.1) is 0 Å². The molecule has 0 saturated carbocycles. The zero-order valence-electron chi connectivity index (χ0n) is 8.82. The highest BCUT2D eigenvalue weighted by Crippen LogP contribution is 2.01. The van der Waals surface area contributed by atoms with Crippen LogP contribution in [-0.4, -0.2) is 34.4 Å². The molecule has 1 aromatic rings. The molecule has 2 heterocycles. The lowest BCUT2D eigenvalue weighted by Gasteiger charge is -2.07. The van der Waals surface area contributed by atoms with E-state index in [4.69, 9.17) is 0 Å². The summed E-state index contributed by atoms with van der Waals surface area (Å²) in [6.45, 7) is 0.700. The minimum absolute atomic E-state index is 0.200. The molecule has 0 aliphatic carbocycles. The van der Waals surface area contributed by atoms with Crippen molar-refractivity contribution in [1.29, 1.82) is 0 Å². The Hall–Kier alpha value is -1.69. The van der Waals surface area contributed by atoms with Gasteiger partial charge in [-0.1, -0.05) is 0 Å². The van der Waals surface area contributed by atoms with Gasteiger partial charge in [-0.05, 0) is 13.0 Å². The molecule has 1 atom stereocenters. The van der Waals surface area contributed by atoms with E-state index in [1.165, 1.54) is 0 Å². The average Bonchev–Trinajstić information content (AvgIpc) is 2.84. The fourth-order valence-corrected chi connectivity index (χ4v) is 1.69. The molecule has 0 aromatic carbocycles. The Balaban J connectivity index is 1.65. The number of amides is 2. The van der Waals surface area contributed by atoms with Gasteiger partial charge >= 0.3 is 0 Å². The zero-order valence-corrected chi connectivity index (χ0v) is 8.82. The normalized spacial score (nSPS) is 20.1. The monoisotopic (exact) mass is 222 g/mol. The Morgan fingerprint density at radius 1 is 1.50 bits per heavy atom. The van der Waals surface area contributed by atoms with Crippen molar-refractivity contribution in [3.63, 3.8) is 0 Å². The molecule has 3 N–H and O–H groups in total. The first-order valence-corrected chi connectivity index (χ1v) is 5.31. The first-order valence-electron chi connectivity index (χ1n) is 5.31. The Morgan fingerprint density at radius 2 is 2.38 bits per heavy atom. The summed E-state index contributed by atoms with van der Waals surface area (Å²) >= 11 is 0. The summed E-state index contributed by atoms with van der Waals surface area (Å²) in [4.78, 5) is 29.2. The highest BCUT2D eigenvalue weighted by atomic mass is 16.2. The molecule has 6 heteroatoms. The van der Waals surface area contributed by atoms with Crippen LogP contribution in [0.3, 0.4) is 0 Å². The molecule has 1 aromatic heterocycles. The van der Waals surface area contributed by atoms with E-state index in [2.05, 4.69) is 20.6 Å². The molecule has 1 aliphatic heterocycles. The van der Waals surface area contributed by atoms with Gasteiger partial charge in [0.15, 0.2) is 0 Å². The number of imidazole rings is 1. The van der Waals surface area contributed by atoms with Crippen LogP contribution in [0.25, 0.3) is 0 Å². The van der Waals surface area contributed by atoms with Crippen molar-refractivity contribution in [2.24, 2.45) is 0 Å². The predicted octanol–water partition coefficient (Wildman–Crippen LogP) is -0.653. The van der Waals surface area contributed by atoms with Crippen molar-refractivity contribution >= 4 is 11.8 Å². The number of hydrogen-bond acceptors (Lipinski definition) is 4. The van der Waals surface area contributed by atoms with E-state index in [9.17, 15) is 9.59 Å². The number of aromatic amines is 1. The number of rotatable bonds is 5. The largest absolute Gasteiger partial charge is 0.349 e. The third-order valence-corrected chi connectivity index (χ3v) is 2.50. The SMILES string of the molecule is O=C1CC(NCCCc2ncc[nH]2)C(=O)N1. The third-order valence-electron chi connectivity index (χ3n) is 2.50. The van der Waals surface area contributed by atoms with Gasteiger partial charge in [0.2, 0.25) is 11.8 Å². The number of nitrogens with zero attached hydrogens (tertiary/aromatic N) is 1. The van der Waals surface area contributed by atoms with Crippen LogP contribution >= 0.6 is 0 Å². The molecule has 1 saturated heterocycles. The van der Waals surface area contributed by atoms with E-state index in [0.29, 0.717) is 6.54 Å². The lowest BCUT2D eigenvalue weighted by molar-refractivity contribution is -0.125. The van der Waals surface area contributed by atoms with E-state index in [-0.39, 0.29) is 24.3 Å². The Kier molecular flexibility index (Phi) is 3.31. The van der Waals surface area contributed by atoms with Crippen LogP contribution < -0.4 is 10.6 Å². The highest BCUT2D eigenvalue weighted by molar-refractivity contribution is 6.05. The molecule has 1 fully saturated rings. The zero-order chi connectivity index (χ0) is 11.4. The summed E-state index contributed by atoms with van der Waals surface area (Å²) in [6.07, 6.45) is 5.46. The van der Waals surface area contributed by atoms with Gasteiger partial charge in [-0.25, -0.2) is 4.98 Å². The highest BCUT2D eigenvalue weighted by Gasteiger charge is 2.29. The maximum absolute atomic E-state index is 11.2. The minimum atomic E-state index is -0.357. The van der Waals surface area contributed by atoms with Crippen molar-refractivity contribution in [1.82, 2.24) is 20.6 Å². The maximum atomic E-state index is 11.2. The summed E-state index contributed by atoms with van der Waals surface area (Å²) < 4.78 is 0. The molecule has 1 aliphatic rings. The third kappa shape index (κ3) is 2.66. The Morgan fingerprint density at radius 3 is 3.00 bits per heavy atom. The van der Waals surface area contributed by atoms with E-state index in [1.807, 2.05) is 0 Å². The summed E-state index contributed by atoms with van der Waals surface area (Å²) in [7, 11) is 0. The Labute approximate surface area is 92.8 Å². The number of nitrogens with one attached hydrogen (secondary N) is 3. The van der Waals surface area contributed by atoms with Crippen molar-refractivity contribution in [2.45, 2.75) is 25.3 Å². The quantitative estimate of drug-likeness (QED) is 0.456. The lowest BCUT2D eigenvalue weighted by Crippen LogP contribution is -2.36. The summed E-state index contributed by atoms with van der Waals surface area (Å²) in [6, 6.07) is -0.357. The molecule has 2 rings (SSSR count). The van der Waals surface area contributed by atoms with Gasteiger partial charge in [-0.15, -0.1) is 0 Å². The van der Waals surface area contributed by atoms with Gasteiger partial charge in [0, 0.05) is 18.8 Å². The van der Waals surface area contributed by atoms with Crippen molar-refractivity contribution in [3.8, 4) is 0 Å². The molecule has 0 bridgehead atoms. The second kappa shape index (κ2) is 4.89. The number of aryl methyl sites for hydroxylation is 1. The second-order valence-corrected chi connectivity index (χ2v) is 3.76. The summed E-state index contributed by atoms with van der Waals surface area (Å²) in [5, 5.41) is 5.31. The molecule has 0 radical (unpaired) electrons. The van der Waals surface area contributed by atoms with Gasteiger partial charge in [-0.2, -0.15) is 0 Å². The van der Waals surface area contributed by atoms with Crippen LogP contribution in [0.4, 0.5) is 0 Å². The number of carbonyl (C=O) groups excluding carboxylic acids is 2. The van der Waals surface area contributed by atoms with Crippen LogP contribution in [0.2, 0.25) is 0 Å². The summed E-state index contributed by atoms with van der Waals surface area (Å²) in [5.74, 6) is 0.519. The van der Waals surface area contributed by atoms with Gasteiger partial charge in [0.1, 0.15) is 5.82 Å². The average molecular weight is 222 g/mol. The molecule has 6 nitrogen and oxygen atoms in total. The van der Waals surface area contributed by atoms with Gasteiger partial charge < -0.3 is 10.3 Å². The second-order valence-electron chi connectivity index (χ2n) is 3.76. The fourth-order valence-electron chi connectivity index (χ4n) is 1.69. The molecule has 1 unspecified atom stereocenters. The molecule has 16 heavy (non-hydrogen) atoms. The first kappa shape index (κ1) is 10.8. The summed E-state index contributed by atoms with van der Waals surface area (Å²) in [5.41, 5.74) is 0. The van der Waals surface area contributed by atoms with E-state index in [1.54, 1.807) is 12.4 Å². The van der Waals surface area contributed by atoms with Crippen LogP contribution in [0.5, 0.6) is 0 Å². The maximum Gasteiger partial charge on any atom is 0.244 e. The van der Waals surface area contributed by atoms with Crippen molar-refractivity contribution in [3.05, 3.63) is 18.2 Å². The fraction of sp³-hybridized carbons (Fsp3) is 0.500. The van der Waals surface area contributed by atoms with E-state index < -0.39 is 0 Å². The van der Waals surface area contributed by atoms with E-state index >= 15 is 0 Å². The van der Waals surface area contributed by atoms with E-state index in [0.717, 1.165) is 18.7 Å². The van der Waals surface area contributed by atoms with Gasteiger partial charge in [-0.3, -0.25) is 14.9 Å². The number of carbonyl (C=O) groups is 2. The molecule has 86 valence electrons. The molecular weight excluding hydrogens is 208 g/mol. The van der Waals surface area contributed by atoms with Crippen molar-refractivity contribution < 1.29 is 9.59 Å². The number of H-pyrrole nitrogens is 1. The number of imide groups is 1. The number of hydrogen-bond donors (Lipinski definition) is 3. The van der Waals surface area contributed by atoms with Crippen molar-refractivity contribution in [2.75, 3.05) is 6.54 Å². The van der Waals surface area contributed by atoms with Crippen LogP contribution in [0.15, 0.2) is 12.4 Å². The van der Waals surface area contributed by atoms with Gasteiger partial charge in [0.05, 0.1) is 12.5 Å². The van der Waals surface area contributed by atoms with Crippen LogP contribution in [0.1, 0.15) is 18.7 Å². The Bertz CT molecular complexity index is 374. The molecule has 0 spiro atoms. The van der Waals surface area contributed by atoms with Crippen LogP contribution in [-0.2, 0) is 16.0 Å². The van der Waals surface area contributed by atoms with Gasteiger partial charge in [0.25, 0.3) is 0 Å².